The van der Waals surface area contributed by atoms with Gasteiger partial charge >= 0.3 is 5.97 Å². The quantitative estimate of drug-likeness (QED) is 0.266. The second kappa shape index (κ2) is 11.2. The van der Waals surface area contributed by atoms with Gasteiger partial charge < -0.3 is 9.84 Å². The van der Waals surface area contributed by atoms with E-state index in [1.54, 1.807) is 18.2 Å². The maximum absolute atomic E-state index is 12.0. The molecule has 0 amide bonds. The van der Waals surface area contributed by atoms with Crippen molar-refractivity contribution in [1.82, 2.24) is 0 Å². The molecule has 0 spiro atoms. The number of phenolic OH excluding ortho intramolecular Hbond substituents is 1. The fourth-order valence-electron chi connectivity index (χ4n) is 2.90. The van der Waals surface area contributed by atoms with E-state index in [1.165, 1.54) is 38.5 Å². The van der Waals surface area contributed by atoms with Crippen LogP contribution < -0.4 is 4.74 Å². The zero-order valence-electron chi connectivity index (χ0n) is 16.6. The van der Waals surface area contributed by atoms with Gasteiger partial charge in [0, 0.05) is 12.0 Å². The normalized spacial score (nSPS) is 11.5. The van der Waals surface area contributed by atoms with Crippen LogP contribution in [0.2, 0.25) is 0 Å². The van der Waals surface area contributed by atoms with Crippen molar-refractivity contribution in [2.45, 2.75) is 97.3 Å². The third-order valence-corrected chi connectivity index (χ3v) is 5.05. The number of esters is 1. The van der Waals surface area contributed by atoms with Gasteiger partial charge in [0.2, 0.25) is 0 Å². The lowest BCUT2D eigenvalue weighted by atomic mass is 9.81. The largest absolute Gasteiger partial charge is 0.508 e. The number of phenols is 1. The first-order valence-electron chi connectivity index (χ1n) is 9.95. The number of hydrogen-bond acceptors (Lipinski definition) is 3. The molecule has 1 aromatic rings. The first-order valence-corrected chi connectivity index (χ1v) is 9.95. The molecule has 1 rings (SSSR count). The van der Waals surface area contributed by atoms with E-state index < -0.39 is 0 Å². The van der Waals surface area contributed by atoms with Gasteiger partial charge in [-0.15, -0.1) is 0 Å². The van der Waals surface area contributed by atoms with E-state index in [2.05, 4.69) is 27.7 Å². The Morgan fingerprint density at radius 3 is 2.20 bits per heavy atom. The molecule has 0 aliphatic carbocycles. The lowest BCUT2D eigenvalue weighted by Crippen LogP contribution is -2.16. The Bertz CT molecular complexity index is 520. The molecule has 0 radical (unpaired) electrons. The van der Waals surface area contributed by atoms with Gasteiger partial charge in [0.1, 0.15) is 11.5 Å². The first kappa shape index (κ1) is 21.5. The van der Waals surface area contributed by atoms with Gasteiger partial charge in [-0.1, -0.05) is 72.6 Å². The van der Waals surface area contributed by atoms with Crippen LogP contribution in [-0.2, 0) is 10.2 Å². The molecule has 3 nitrogen and oxygen atoms in total. The third kappa shape index (κ3) is 7.94. The Kier molecular flexibility index (Phi) is 9.62. The van der Waals surface area contributed by atoms with E-state index >= 15 is 0 Å². The predicted molar refractivity (Wildman–Crippen MR) is 104 cm³/mol. The summed E-state index contributed by atoms with van der Waals surface area (Å²) in [5, 5.41) is 10.1. The van der Waals surface area contributed by atoms with Crippen LogP contribution in [0.4, 0.5) is 0 Å². The van der Waals surface area contributed by atoms with Gasteiger partial charge in [-0.25, -0.2) is 0 Å². The first-order chi connectivity index (χ1) is 11.9. The standard InChI is InChI=1S/C22H36O3/c1-5-7-8-9-10-11-12-13-14-21(24)25-18-15-16-20(23)19(17-18)22(3,4)6-2/h15-17,23H,5-14H2,1-4H3. The summed E-state index contributed by atoms with van der Waals surface area (Å²) in [7, 11) is 0. The van der Waals surface area contributed by atoms with Crippen molar-refractivity contribution in [3.05, 3.63) is 23.8 Å². The summed E-state index contributed by atoms with van der Waals surface area (Å²) in [4.78, 5) is 12.0. The average Bonchev–Trinajstić information content (AvgIpc) is 2.58. The SMILES string of the molecule is CCCCCCCCCCC(=O)Oc1ccc(O)c(C(C)(C)CC)c1. The lowest BCUT2D eigenvalue weighted by Gasteiger charge is -2.24. The molecule has 0 saturated heterocycles. The summed E-state index contributed by atoms with van der Waals surface area (Å²) in [6.45, 7) is 8.47. The zero-order chi connectivity index (χ0) is 18.7. The van der Waals surface area contributed by atoms with Gasteiger partial charge in [0.15, 0.2) is 0 Å². The van der Waals surface area contributed by atoms with Crippen molar-refractivity contribution < 1.29 is 14.6 Å². The van der Waals surface area contributed by atoms with Crippen molar-refractivity contribution in [3.8, 4) is 11.5 Å². The van der Waals surface area contributed by atoms with E-state index in [4.69, 9.17) is 4.74 Å². The second-order valence-electron chi connectivity index (χ2n) is 7.62. The molecule has 142 valence electrons. The van der Waals surface area contributed by atoms with Crippen LogP contribution in [0.25, 0.3) is 0 Å². The highest BCUT2D eigenvalue weighted by Crippen LogP contribution is 2.36. The van der Waals surface area contributed by atoms with Crippen molar-refractivity contribution in [2.75, 3.05) is 0 Å². The van der Waals surface area contributed by atoms with E-state index in [9.17, 15) is 9.90 Å². The molecular formula is C22H36O3. The Morgan fingerprint density at radius 1 is 1.00 bits per heavy atom. The van der Waals surface area contributed by atoms with Crippen molar-refractivity contribution in [3.63, 3.8) is 0 Å². The van der Waals surface area contributed by atoms with Crippen LogP contribution in [0.3, 0.4) is 0 Å². The number of hydrogen-bond donors (Lipinski definition) is 1. The minimum Gasteiger partial charge on any atom is -0.508 e. The van der Waals surface area contributed by atoms with Gasteiger partial charge in [-0.3, -0.25) is 4.79 Å². The van der Waals surface area contributed by atoms with Gasteiger partial charge in [0.05, 0.1) is 0 Å². The Labute approximate surface area is 153 Å². The zero-order valence-corrected chi connectivity index (χ0v) is 16.6. The minimum absolute atomic E-state index is 0.149. The van der Waals surface area contributed by atoms with Crippen LogP contribution in [0.5, 0.6) is 11.5 Å². The number of benzene rings is 1. The molecule has 0 aliphatic rings. The molecule has 0 unspecified atom stereocenters. The van der Waals surface area contributed by atoms with Gasteiger partial charge in [-0.2, -0.15) is 0 Å². The monoisotopic (exact) mass is 348 g/mol. The van der Waals surface area contributed by atoms with Crippen LogP contribution in [0, 0.1) is 0 Å². The fourth-order valence-corrected chi connectivity index (χ4v) is 2.90. The summed E-state index contributed by atoms with van der Waals surface area (Å²) in [6.07, 6.45) is 11.0. The summed E-state index contributed by atoms with van der Waals surface area (Å²) in [5.41, 5.74) is 0.678. The van der Waals surface area contributed by atoms with E-state index in [1.807, 2.05) is 0 Å². The number of carbonyl (C=O) groups excluding carboxylic acids is 1. The molecular weight excluding hydrogens is 312 g/mol. The van der Waals surface area contributed by atoms with Gasteiger partial charge in [-0.05, 0) is 36.5 Å². The van der Waals surface area contributed by atoms with Crippen LogP contribution in [0.15, 0.2) is 18.2 Å². The number of aromatic hydroxyl groups is 1. The molecule has 0 atom stereocenters. The fraction of sp³-hybridized carbons (Fsp3) is 0.682. The maximum Gasteiger partial charge on any atom is 0.311 e. The highest BCUT2D eigenvalue weighted by atomic mass is 16.5. The molecule has 0 heterocycles. The summed E-state index contributed by atoms with van der Waals surface area (Å²) < 4.78 is 5.46. The second-order valence-corrected chi connectivity index (χ2v) is 7.62. The van der Waals surface area contributed by atoms with Crippen molar-refractivity contribution in [2.24, 2.45) is 0 Å². The van der Waals surface area contributed by atoms with Gasteiger partial charge in [0.25, 0.3) is 0 Å². The number of carbonyl (C=O) groups is 1. The smallest absolute Gasteiger partial charge is 0.311 e. The average molecular weight is 349 g/mol. The number of ether oxygens (including phenoxy) is 1. The van der Waals surface area contributed by atoms with Crippen molar-refractivity contribution >= 4 is 5.97 Å². The van der Waals surface area contributed by atoms with Crippen LogP contribution >= 0.6 is 0 Å². The number of unbranched alkanes of at least 4 members (excludes halogenated alkanes) is 7. The molecule has 0 aliphatic heterocycles. The summed E-state index contributed by atoms with van der Waals surface area (Å²) >= 11 is 0. The third-order valence-electron chi connectivity index (χ3n) is 5.05. The predicted octanol–water partition coefficient (Wildman–Crippen LogP) is 6.52. The van der Waals surface area contributed by atoms with E-state index in [0.717, 1.165) is 24.8 Å². The molecule has 0 saturated carbocycles. The Morgan fingerprint density at radius 2 is 1.60 bits per heavy atom. The molecule has 0 bridgehead atoms. The molecule has 1 aromatic carbocycles. The van der Waals surface area contributed by atoms with Crippen molar-refractivity contribution in [1.29, 1.82) is 0 Å². The number of rotatable bonds is 12. The lowest BCUT2D eigenvalue weighted by molar-refractivity contribution is -0.134. The maximum atomic E-state index is 12.0. The highest BCUT2D eigenvalue weighted by molar-refractivity contribution is 5.72. The Hall–Kier alpha value is -1.51. The molecule has 25 heavy (non-hydrogen) atoms. The summed E-state index contributed by atoms with van der Waals surface area (Å²) in [6, 6.07) is 5.08. The van der Waals surface area contributed by atoms with Crippen LogP contribution in [0.1, 0.15) is 97.5 Å². The topological polar surface area (TPSA) is 46.5 Å². The molecule has 1 N–H and O–H groups in total. The minimum atomic E-state index is -0.183. The van der Waals surface area contributed by atoms with E-state index in [-0.39, 0.29) is 17.1 Å². The molecule has 3 heteroatoms. The van der Waals surface area contributed by atoms with E-state index in [0.29, 0.717) is 12.2 Å². The molecule has 0 fully saturated rings. The summed E-state index contributed by atoms with van der Waals surface area (Å²) in [5.74, 6) is 0.602. The Balaban J connectivity index is 2.36. The highest BCUT2D eigenvalue weighted by Gasteiger charge is 2.22. The molecule has 0 aromatic heterocycles. The van der Waals surface area contributed by atoms with Crippen LogP contribution in [-0.4, -0.2) is 11.1 Å².